The molecule has 0 fully saturated rings. The number of rotatable bonds is 1. The minimum Gasteiger partial charge on any atom is -0.0745 e. The van der Waals surface area contributed by atoms with Crippen molar-refractivity contribution in [3.63, 3.8) is 0 Å². The van der Waals surface area contributed by atoms with Crippen molar-refractivity contribution in [2.24, 2.45) is 0 Å². The second-order valence-corrected chi connectivity index (χ2v) is 8.02. The zero-order valence-electron chi connectivity index (χ0n) is 9.56. The third kappa shape index (κ3) is 2.01. The first-order chi connectivity index (χ1) is 5.39. The first-order valence-electron chi connectivity index (χ1n) is 4.77. The summed E-state index contributed by atoms with van der Waals surface area (Å²) in [5, 5.41) is 0.453. The standard InChI is InChI=1S/C11H20Si.Cr/c1-8-7-11(4,12(5)6)10(3)9(8)2;/h7,12H,1-6H3;. The molecule has 0 nitrogen and oxygen atoms in total. The molecule has 0 radical (unpaired) electrons. The molecule has 0 aliphatic heterocycles. The van der Waals surface area contributed by atoms with Gasteiger partial charge in [-0.05, 0) is 31.4 Å². The molecule has 2 heteroatoms. The Balaban J connectivity index is 0.00000144. The van der Waals surface area contributed by atoms with E-state index < -0.39 is 8.80 Å². The van der Waals surface area contributed by atoms with Gasteiger partial charge in [-0.25, -0.2) is 0 Å². The first kappa shape index (κ1) is 13.2. The van der Waals surface area contributed by atoms with Gasteiger partial charge in [0.25, 0.3) is 0 Å². The van der Waals surface area contributed by atoms with Crippen LogP contribution in [0.1, 0.15) is 27.7 Å². The fourth-order valence-electron chi connectivity index (χ4n) is 1.97. The topological polar surface area (TPSA) is 0 Å². The van der Waals surface area contributed by atoms with Crippen LogP contribution in [0.5, 0.6) is 0 Å². The molecule has 0 saturated heterocycles. The summed E-state index contributed by atoms with van der Waals surface area (Å²) in [4.78, 5) is 0. The molecule has 0 spiro atoms. The maximum atomic E-state index is 2.48. The molecule has 1 rings (SSSR count). The summed E-state index contributed by atoms with van der Waals surface area (Å²) >= 11 is 0. The summed E-state index contributed by atoms with van der Waals surface area (Å²) in [6.45, 7) is 14.1. The largest absolute Gasteiger partial charge is 0.0745 e. The Morgan fingerprint density at radius 3 is 1.77 bits per heavy atom. The molecule has 0 aromatic rings. The molecule has 0 aromatic carbocycles. The van der Waals surface area contributed by atoms with Gasteiger partial charge in [0, 0.05) is 26.2 Å². The predicted molar refractivity (Wildman–Crippen MR) is 59.4 cm³/mol. The second kappa shape index (κ2) is 4.17. The van der Waals surface area contributed by atoms with Crippen molar-refractivity contribution in [1.82, 2.24) is 0 Å². The molecular formula is C11H20CrSi. The average molecular weight is 232 g/mol. The van der Waals surface area contributed by atoms with Crippen LogP contribution in [0, 0.1) is 0 Å². The van der Waals surface area contributed by atoms with Gasteiger partial charge in [0.05, 0.1) is 0 Å². The fraction of sp³-hybridized carbons (Fsp3) is 0.636. The fourth-order valence-corrected chi connectivity index (χ4v) is 3.63. The van der Waals surface area contributed by atoms with E-state index in [0.29, 0.717) is 5.04 Å². The van der Waals surface area contributed by atoms with Crippen molar-refractivity contribution >= 4 is 8.80 Å². The van der Waals surface area contributed by atoms with Gasteiger partial charge in [-0.2, -0.15) is 0 Å². The number of allylic oxidation sites excluding steroid dienone is 4. The molecular weight excluding hydrogens is 212 g/mol. The van der Waals surface area contributed by atoms with E-state index in [2.05, 4.69) is 46.9 Å². The summed E-state index contributed by atoms with van der Waals surface area (Å²) < 4.78 is 0. The zero-order chi connectivity index (χ0) is 9.52. The van der Waals surface area contributed by atoms with Crippen LogP contribution in [0.15, 0.2) is 22.8 Å². The molecule has 74 valence electrons. The quantitative estimate of drug-likeness (QED) is 0.607. The molecule has 1 aliphatic rings. The molecule has 0 bridgehead atoms. The van der Waals surface area contributed by atoms with Gasteiger partial charge in [0.1, 0.15) is 0 Å². The Labute approximate surface area is 94.9 Å². The Morgan fingerprint density at radius 1 is 1.15 bits per heavy atom. The third-order valence-electron chi connectivity index (χ3n) is 3.68. The average Bonchev–Trinajstić information content (AvgIpc) is 2.17. The molecule has 0 aromatic heterocycles. The van der Waals surface area contributed by atoms with Gasteiger partial charge in [-0.3, -0.25) is 0 Å². The molecule has 0 N–H and O–H groups in total. The Kier molecular flexibility index (Phi) is 4.24. The van der Waals surface area contributed by atoms with E-state index in [1.807, 2.05) is 0 Å². The Hall–Kier alpha value is 0.229. The minimum atomic E-state index is -0.607. The van der Waals surface area contributed by atoms with Crippen molar-refractivity contribution in [1.29, 1.82) is 0 Å². The van der Waals surface area contributed by atoms with Crippen LogP contribution in [0.3, 0.4) is 0 Å². The Bertz CT molecular complexity index is 263. The van der Waals surface area contributed by atoms with Crippen molar-refractivity contribution in [3.05, 3.63) is 22.8 Å². The van der Waals surface area contributed by atoms with E-state index in [-0.39, 0.29) is 17.4 Å². The van der Waals surface area contributed by atoms with Crippen LogP contribution in [0.2, 0.25) is 18.1 Å². The van der Waals surface area contributed by atoms with Crippen molar-refractivity contribution in [2.75, 3.05) is 0 Å². The van der Waals surface area contributed by atoms with Crippen LogP contribution in [-0.2, 0) is 17.4 Å². The van der Waals surface area contributed by atoms with Crippen molar-refractivity contribution in [3.8, 4) is 0 Å². The van der Waals surface area contributed by atoms with Gasteiger partial charge >= 0.3 is 0 Å². The normalized spacial score (nSPS) is 27.8. The summed E-state index contributed by atoms with van der Waals surface area (Å²) in [6.07, 6.45) is 2.48. The van der Waals surface area contributed by atoms with Crippen LogP contribution in [-0.4, -0.2) is 8.80 Å². The number of hydrogen-bond acceptors (Lipinski definition) is 0. The molecule has 0 saturated carbocycles. The molecule has 13 heavy (non-hydrogen) atoms. The molecule has 0 amide bonds. The van der Waals surface area contributed by atoms with Crippen molar-refractivity contribution < 1.29 is 17.4 Å². The van der Waals surface area contributed by atoms with E-state index >= 15 is 0 Å². The summed E-state index contributed by atoms with van der Waals surface area (Å²) in [5.74, 6) is 0. The van der Waals surface area contributed by atoms with Crippen LogP contribution in [0.25, 0.3) is 0 Å². The van der Waals surface area contributed by atoms with Gasteiger partial charge < -0.3 is 0 Å². The predicted octanol–water partition coefficient (Wildman–Crippen LogP) is 3.53. The maximum absolute atomic E-state index is 2.48. The van der Waals surface area contributed by atoms with Gasteiger partial charge in [0.15, 0.2) is 0 Å². The van der Waals surface area contributed by atoms with E-state index in [0.717, 1.165) is 0 Å². The monoisotopic (exact) mass is 232 g/mol. The van der Waals surface area contributed by atoms with Crippen molar-refractivity contribution in [2.45, 2.75) is 45.8 Å². The zero-order valence-corrected chi connectivity index (χ0v) is 12.0. The van der Waals surface area contributed by atoms with Crippen LogP contribution >= 0.6 is 0 Å². The van der Waals surface area contributed by atoms with E-state index in [4.69, 9.17) is 0 Å². The summed E-state index contributed by atoms with van der Waals surface area (Å²) in [5.41, 5.74) is 4.64. The third-order valence-corrected chi connectivity index (χ3v) is 6.68. The van der Waals surface area contributed by atoms with E-state index in [9.17, 15) is 0 Å². The van der Waals surface area contributed by atoms with Crippen LogP contribution < -0.4 is 0 Å². The summed E-state index contributed by atoms with van der Waals surface area (Å²) in [7, 11) is -0.607. The molecule has 1 unspecified atom stereocenters. The van der Waals surface area contributed by atoms with E-state index in [1.165, 1.54) is 11.1 Å². The summed E-state index contributed by atoms with van der Waals surface area (Å²) in [6, 6.07) is 0. The molecule has 1 aliphatic carbocycles. The minimum absolute atomic E-state index is 0. The maximum Gasteiger partial charge on any atom is 0.0467 e. The molecule has 0 heterocycles. The smallest absolute Gasteiger partial charge is 0.0467 e. The van der Waals surface area contributed by atoms with E-state index in [1.54, 1.807) is 5.57 Å². The van der Waals surface area contributed by atoms with Crippen LogP contribution in [0.4, 0.5) is 0 Å². The second-order valence-electron chi connectivity index (χ2n) is 4.51. The Morgan fingerprint density at radius 2 is 1.62 bits per heavy atom. The van der Waals surface area contributed by atoms with Gasteiger partial charge in [-0.15, -0.1) is 0 Å². The van der Waals surface area contributed by atoms with Gasteiger partial charge in [-0.1, -0.05) is 37.2 Å². The number of hydrogen-bond donors (Lipinski definition) is 0. The first-order valence-corrected chi connectivity index (χ1v) is 7.66. The SMILES string of the molecule is CC1=CC(C)([SiH](C)C)C(C)=C1C.[Cr]. The van der Waals surface area contributed by atoms with Gasteiger partial charge in [0.2, 0.25) is 0 Å². The molecule has 1 atom stereocenters.